The summed E-state index contributed by atoms with van der Waals surface area (Å²) in [4.78, 5) is 27.1. The molecule has 7 nitrogen and oxygen atoms in total. The van der Waals surface area contributed by atoms with Crippen molar-refractivity contribution in [1.82, 2.24) is 4.90 Å². The summed E-state index contributed by atoms with van der Waals surface area (Å²) in [7, 11) is 0. The van der Waals surface area contributed by atoms with Gasteiger partial charge in [0, 0.05) is 47.3 Å². The Balaban J connectivity index is 1.29. The zero-order valence-electron chi connectivity index (χ0n) is 18.9. The molecule has 0 aliphatic carbocycles. The van der Waals surface area contributed by atoms with E-state index in [1.807, 2.05) is 56.0 Å². The molecule has 0 spiro atoms. The summed E-state index contributed by atoms with van der Waals surface area (Å²) in [5.74, 6) is 2.86. The minimum Gasteiger partial charge on any atom is -0.461 e. The molecule has 2 aliphatic rings. The number of furan rings is 1. The topological polar surface area (TPSA) is 81.0 Å². The fourth-order valence-corrected chi connectivity index (χ4v) is 3.90. The maximum atomic E-state index is 13.0. The van der Waals surface area contributed by atoms with Crippen LogP contribution in [0, 0.1) is 5.41 Å². The Bertz CT molecular complexity index is 1220. The van der Waals surface area contributed by atoms with Gasteiger partial charge >= 0.3 is 0 Å². The van der Waals surface area contributed by atoms with Crippen molar-refractivity contribution in [3.63, 3.8) is 0 Å². The average molecular weight is 447 g/mol. The van der Waals surface area contributed by atoms with Gasteiger partial charge in [-0.3, -0.25) is 9.59 Å². The van der Waals surface area contributed by atoms with Crippen LogP contribution in [-0.2, 0) is 17.8 Å². The fourth-order valence-electron chi connectivity index (χ4n) is 3.90. The second-order valence-electron chi connectivity index (χ2n) is 9.39. The van der Waals surface area contributed by atoms with Crippen LogP contribution in [0.15, 0.2) is 52.9 Å². The molecule has 1 N–H and O–H groups in total. The molecular weight excluding hydrogens is 420 g/mol. The number of rotatable bonds is 3. The number of benzene rings is 2. The quantitative estimate of drug-likeness (QED) is 0.622. The first-order valence-corrected chi connectivity index (χ1v) is 11.0. The molecule has 0 bridgehead atoms. The van der Waals surface area contributed by atoms with Crippen LogP contribution < -0.4 is 14.8 Å². The minimum absolute atomic E-state index is 0.0315. The summed E-state index contributed by atoms with van der Waals surface area (Å²) in [5, 5.41) is 2.93. The van der Waals surface area contributed by atoms with Gasteiger partial charge in [-0.05, 0) is 48.5 Å². The van der Waals surface area contributed by atoms with Crippen molar-refractivity contribution < 1.29 is 23.5 Å². The maximum absolute atomic E-state index is 13.0. The van der Waals surface area contributed by atoms with Crippen molar-refractivity contribution >= 4 is 17.5 Å². The molecule has 0 saturated heterocycles. The number of nitrogens with zero attached hydrogens (tertiary/aromatic N) is 1. The molecular formula is C26H26N2O5. The predicted octanol–water partition coefficient (Wildman–Crippen LogP) is 4.86. The molecule has 170 valence electrons. The zero-order chi connectivity index (χ0) is 23.2. The highest BCUT2D eigenvalue weighted by Crippen LogP contribution is 2.34. The SMILES string of the molecule is CC(C)(C)C(=O)Nc1ccc(-c2cc3c(o2)CCN(C(=O)c2ccc4c(c2)OCO4)C3)cc1. The molecule has 0 saturated carbocycles. The van der Waals surface area contributed by atoms with Crippen molar-refractivity contribution in [3.05, 3.63) is 65.4 Å². The van der Waals surface area contributed by atoms with E-state index in [-0.39, 0.29) is 18.6 Å². The smallest absolute Gasteiger partial charge is 0.254 e. The van der Waals surface area contributed by atoms with E-state index >= 15 is 0 Å². The van der Waals surface area contributed by atoms with Crippen LogP contribution in [0.4, 0.5) is 5.69 Å². The Morgan fingerprint density at radius 3 is 2.48 bits per heavy atom. The maximum Gasteiger partial charge on any atom is 0.254 e. The van der Waals surface area contributed by atoms with E-state index in [1.54, 1.807) is 18.2 Å². The Labute approximate surface area is 192 Å². The van der Waals surface area contributed by atoms with Crippen molar-refractivity contribution in [2.75, 3.05) is 18.7 Å². The van der Waals surface area contributed by atoms with Gasteiger partial charge in [0.25, 0.3) is 5.91 Å². The minimum atomic E-state index is -0.456. The summed E-state index contributed by atoms with van der Waals surface area (Å²) in [5.41, 5.74) is 2.81. The first kappa shape index (κ1) is 21.1. The van der Waals surface area contributed by atoms with Gasteiger partial charge in [0.15, 0.2) is 11.5 Å². The van der Waals surface area contributed by atoms with Crippen molar-refractivity contribution in [2.24, 2.45) is 5.41 Å². The number of hydrogen-bond acceptors (Lipinski definition) is 5. The second-order valence-corrected chi connectivity index (χ2v) is 9.39. The third-order valence-electron chi connectivity index (χ3n) is 5.88. The van der Waals surface area contributed by atoms with Gasteiger partial charge in [-0.1, -0.05) is 20.8 Å². The van der Waals surface area contributed by atoms with Crippen LogP contribution in [0.5, 0.6) is 11.5 Å². The van der Waals surface area contributed by atoms with Crippen LogP contribution in [-0.4, -0.2) is 30.1 Å². The largest absolute Gasteiger partial charge is 0.461 e. The Morgan fingerprint density at radius 1 is 0.970 bits per heavy atom. The summed E-state index contributed by atoms with van der Waals surface area (Å²) < 4.78 is 16.8. The van der Waals surface area contributed by atoms with Gasteiger partial charge in [-0.25, -0.2) is 0 Å². The number of fused-ring (bicyclic) bond motifs is 2. The second kappa shape index (κ2) is 7.99. The summed E-state index contributed by atoms with van der Waals surface area (Å²) in [6.45, 7) is 6.90. The number of carbonyl (C=O) groups excluding carboxylic acids is 2. The van der Waals surface area contributed by atoms with E-state index in [9.17, 15) is 9.59 Å². The number of amides is 2. The first-order valence-electron chi connectivity index (χ1n) is 11.0. The molecule has 5 rings (SSSR count). The van der Waals surface area contributed by atoms with Crippen LogP contribution in [0.1, 0.15) is 42.5 Å². The van der Waals surface area contributed by atoms with Gasteiger partial charge in [0.2, 0.25) is 12.7 Å². The predicted molar refractivity (Wildman–Crippen MR) is 123 cm³/mol. The van der Waals surface area contributed by atoms with Gasteiger partial charge in [-0.15, -0.1) is 0 Å². The number of carbonyl (C=O) groups is 2. The van der Waals surface area contributed by atoms with Gasteiger partial charge in [0.05, 0.1) is 0 Å². The third kappa shape index (κ3) is 4.18. The molecule has 2 amide bonds. The number of nitrogens with one attached hydrogen (secondary N) is 1. The van der Waals surface area contributed by atoms with Gasteiger partial charge in [0.1, 0.15) is 11.5 Å². The van der Waals surface area contributed by atoms with E-state index in [0.29, 0.717) is 36.6 Å². The molecule has 7 heteroatoms. The van der Waals surface area contributed by atoms with E-state index in [2.05, 4.69) is 5.32 Å². The lowest BCUT2D eigenvalue weighted by Gasteiger charge is -2.26. The van der Waals surface area contributed by atoms with E-state index < -0.39 is 5.41 Å². The summed E-state index contributed by atoms with van der Waals surface area (Å²) >= 11 is 0. The zero-order valence-corrected chi connectivity index (χ0v) is 18.9. The van der Waals surface area contributed by atoms with Gasteiger partial charge in [-0.2, -0.15) is 0 Å². The standard InChI is InChI=1S/C26H26N2O5/c1-26(2,3)25(30)27-19-7-4-16(5-8-19)22-13-18-14-28(11-10-20(18)33-22)24(29)17-6-9-21-23(12-17)32-15-31-21/h4-9,12-13H,10-11,14-15H2,1-3H3,(H,27,30). The Hall–Kier alpha value is -3.74. The number of hydrogen-bond donors (Lipinski definition) is 1. The summed E-state index contributed by atoms with van der Waals surface area (Å²) in [6.07, 6.45) is 0.658. The van der Waals surface area contributed by atoms with Gasteiger partial charge < -0.3 is 24.1 Å². The normalized spacial score (nSPS) is 14.7. The van der Waals surface area contributed by atoms with Crippen LogP contribution >= 0.6 is 0 Å². The molecule has 3 heterocycles. The first-order chi connectivity index (χ1) is 15.8. The van der Waals surface area contributed by atoms with Crippen LogP contribution in [0.2, 0.25) is 0 Å². The molecule has 3 aromatic rings. The van der Waals surface area contributed by atoms with Crippen LogP contribution in [0.25, 0.3) is 11.3 Å². The third-order valence-corrected chi connectivity index (χ3v) is 5.88. The number of anilines is 1. The average Bonchev–Trinajstić information content (AvgIpc) is 3.44. The molecule has 2 aliphatic heterocycles. The van der Waals surface area contributed by atoms with Crippen molar-refractivity contribution in [1.29, 1.82) is 0 Å². The highest BCUT2D eigenvalue weighted by molar-refractivity contribution is 5.95. The molecule has 1 aromatic heterocycles. The lowest BCUT2D eigenvalue weighted by molar-refractivity contribution is -0.123. The lowest BCUT2D eigenvalue weighted by Crippen LogP contribution is -2.35. The van der Waals surface area contributed by atoms with E-state index in [1.165, 1.54) is 0 Å². The molecule has 33 heavy (non-hydrogen) atoms. The summed E-state index contributed by atoms with van der Waals surface area (Å²) in [6, 6.07) is 14.9. The monoisotopic (exact) mass is 446 g/mol. The Morgan fingerprint density at radius 2 is 1.73 bits per heavy atom. The highest BCUT2D eigenvalue weighted by atomic mass is 16.7. The highest BCUT2D eigenvalue weighted by Gasteiger charge is 2.27. The molecule has 0 atom stereocenters. The Kier molecular flexibility index (Phi) is 5.12. The molecule has 0 radical (unpaired) electrons. The molecule has 0 unspecified atom stereocenters. The van der Waals surface area contributed by atoms with Crippen molar-refractivity contribution in [3.8, 4) is 22.8 Å². The lowest BCUT2D eigenvalue weighted by atomic mass is 9.95. The number of ether oxygens (including phenoxy) is 2. The fraction of sp³-hybridized carbons (Fsp3) is 0.308. The molecule has 2 aromatic carbocycles. The van der Waals surface area contributed by atoms with Crippen LogP contribution in [0.3, 0.4) is 0 Å². The van der Waals surface area contributed by atoms with E-state index in [4.69, 9.17) is 13.9 Å². The van der Waals surface area contributed by atoms with Crippen molar-refractivity contribution in [2.45, 2.75) is 33.7 Å². The molecule has 0 fully saturated rings. The van der Waals surface area contributed by atoms with E-state index in [0.717, 1.165) is 28.3 Å².